The van der Waals surface area contributed by atoms with Crippen molar-refractivity contribution in [3.8, 4) is 0 Å². The highest BCUT2D eigenvalue weighted by Crippen LogP contribution is 2.11. The van der Waals surface area contributed by atoms with Gasteiger partial charge in [0.05, 0.1) is 0 Å². The largest absolute Gasteiger partial charge is 0.279 e. The van der Waals surface area contributed by atoms with Crippen LogP contribution in [0.15, 0.2) is 12.2 Å². The molecule has 0 saturated carbocycles. The molecule has 1 fully saturated rings. The van der Waals surface area contributed by atoms with Crippen LogP contribution in [0.4, 0.5) is 0 Å². The third-order valence-electron chi connectivity index (χ3n) is 2.49. The lowest BCUT2D eigenvalue weighted by Gasteiger charge is -2.25. The summed E-state index contributed by atoms with van der Waals surface area (Å²) >= 11 is 0. The average molecular weight is 232 g/mol. The molecule has 1 saturated heterocycles. The van der Waals surface area contributed by atoms with Gasteiger partial charge in [0.2, 0.25) is 0 Å². The Bertz CT molecular complexity index is 293. The molecule has 1 heterocycles. The molecule has 1 aliphatic heterocycles. The average Bonchev–Trinajstić information content (AvgIpc) is 2.26. The molecule has 1 rings (SSSR count). The first kappa shape index (κ1) is 12.7. The van der Waals surface area contributed by atoms with E-state index in [4.69, 9.17) is 0 Å². The maximum atomic E-state index is 11.7. The predicted molar refractivity (Wildman–Crippen MR) is 61.8 cm³/mol. The second-order valence-corrected chi connectivity index (χ2v) is 5.47. The SMILES string of the molecule is C/C=C/CCNS(=O)(=O)N1CCCCC1. The molecule has 0 spiro atoms. The summed E-state index contributed by atoms with van der Waals surface area (Å²) in [5.74, 6) is 0. The van der Waals surface area contributed by atoms with Gasteiger partial charge in [-0.3, -0.25) is 0 Å². The molecule has 0 aromatic rings. The number of hydrogen-bond donors (Lipinski definition) is 1. The van der Waals surface area contributed by atoms with Gasteiger partial charge < -0.3 is 0 Å². The Morgan fingerprint density at radius 3 is 2.53 bits per heavy atom. The van der Waals surface area contributed by atoms with Gasteiger partial charge in [-0.1, -0.05) is 18.6 Å². The maximum absolute atomic E-state index is 11.7. The van der Waals surface area contributed by atoms with Gasteiger partial charge in [0.15, 0.2) is 0 Å². The lowest BCUT2D eigenvalue weighted by atomic mass is 10.2. The van der Waals surface area contributed by atoms with Crippen molar-refractivity contribution in [2.75, 3.05) is 19.6 Å². The molecular weight excluding hydrogens is 212 g/mol. The lowest BCUT2D eigenvalue weighted by Crippen LogP contribution is -2.43. The summed E-state index contributed by atoms with van der Waals surface area (Å²) in [7, 11) is -3.21. The van der Waals surface area contributed by atoms with Crippen molar-refractivity contribution in [1.29, 1.82) is 0 Å². The summed E-state index contributed by atoms with van der Waals surface area (Å²) in [6.07, 6.45) is 7.74. The number of hydrogen-bond acceptors (Lipinski definition) is 2. The van der Waals surface area contributed by atoms with Crippen LogP contribution in [0.3, 0.4) is 0 Å². The zero-order chi connectivity index (χ0) is 11.1. The zero-order valence-corrected chi connectivity index (χ0v) is 10.1. The van der Waals surface area contributed by atoms with Gasteiger partial charge in [0.1, 0.15) is 0 Å². The summed E-state index contributed by atoms with van der Waals surface area (Å²) in [6.45, 7) is 3.75. The fourth-order valence-corrected chi connectivity index (χ4v) is 2.93. The highest BCUT2D eigenvalue weighted by atomic mass is 32.2. The highest BCUT2D eigenvalue weighted by Gasteiger charge is 2.22. The molecule has 0 unspecified atom stereocenters. The minimum absolute atomic E-state index is 0.489. The molecule has 0 aliphatic carbocycles. The zero-order valence-electron chi connectivity index (χ0n) is 9.28. The van der Waals surface area contributed by atoms with E-state index < -0.39 is 10.2 Å². The smallest absolute Gasteiger partial charge is 0.202 e. The van der Waals surface area contributed by atoms with Crippen molar-refractivity contribution < 1.29 is 8.42 Å². The molecular formula is C10H20N2O2S. The van der Waals surface area contributed by atoms with Crippen LogP contribution in [0.5, 0.6) is 0 Å². The molecule has 0 radical (unpaired) electrons. The summed E-state index contributed by atoms with van der Waals surface area (Å²) in [5, 5.41) is 0. The first-order valence-corrected chi connectivity index (χ1v) is 6.97. The van der Waals surface area contributed by atoms with Crippen LogP contribution < -0.4 is 4.72 Å². The minimum Gasteiger partial charge on any atom is -0.202 e. The molecule has 4 nitrogen and oxygen atoms in total. The number of allylic oxidation sites excluding steroid dienone is 1. The fraction of sp³-hybridized carbons (Fsp3) is 0.800. The van der Waals surface area contributed by atoms with Crippen molar-refractivity contribution in [3.63, 3.8) is 0 Å². The van der Waals surface area contributed by atoms with Crippen molar-refractivity contribution in [2.45, 2.75) is 32.6 Å². The molecule has 0 aromatic carbocycles. The van der Waals surface area contributed by atoms with Crippen molar-refractivity contribution in [1.82, 2.24) is 9.03 Å². The van der Waals surface area contributed by atoms with E-state index in [1.54, 1.807) is 4.31 Å². The van der Waals surface area contributed by atoms with E-state index >= 15 is 0 Å². The molecule has 0 bridgehead atoms. The summed E-state index contributed by atoms with van der Waals surface area (Å²) in [6, 6.07) is 0. The Morgan fingerprint density at radius 1 is 1.27 bits per heavy atom. The first-order chi connectivity index (χ1) is 7.17. The second-order valence-electron chi connectivity index (χ2n) is 3.72. The van der Waals surface area contributed by atoms with Crippen molar-refractivity contribution in [3.05, 3.63) is 12.2 Å². The maximum Gasteiger partial charge on any atom is 0.279 e. The molecule has 88 valence electrons. The Balaban J connectivity index is 2.36. The van der Waals surface area contributed by atoms with E-state index in [2.05, 4.69) is 4.72 Å². The third kappa shape index (κ3) is 4.32. The normalized spacial score (nSPS) is 19.8. The van der Waals surface area contributed by atoms with Crippen LogP contribution in [0.2, 0.25) is 0 Å². The van der Waals surface area contributed by atoms with Crippen LogP contribution in [0.1, 0.15) is 32.6 Å². The lowest BCUT2D eigenvalue weighted by molar-refractivity contribution is 0.342. The molecule has 1 N–H and O–H groups in total. The Hall–Kier alpha value is -0.390. The monoisotopic (exact) mass is 232 g/mol. The van der Waals surface area contributed by atoms with Gasteiger partial charge in [0.25, 0.3) is 10.2 Å². The first-order valence-electron chi connectivity index (χ1n) is 5.52. The quantitative estimate of drug-likeness (QED) is 0.573. The van der Waals surface area contributed by atoms with Crippen LogP contribution in [0, 0.1) is 0 Å². The third-order valence-corrected chi connectivity index (χ3v) is 4.10. The van der Waals surface area contributed by atoms with Gasteiger partial charge >= 0.3 is 0 Å². The summed E-state index contributed by atoms with van der Waals surface area (Å²) in [4.78, 5) is 0. The number of nitrogens with zero attached hydrogens (tertiary/aromatic N) is 1. The van der Waals surface area contributed by atoms with E-state index in [-0.39, 0.29) is 0 Å². The molecule has 0 amide bonds. The van der Waals surface area contributed by atoms with Crippen LogP contribution in [-0.4, -0.2) is 32.4 Å². The predicted octanol–water partition coefficient (Wildman–Crippen LogP) is 1.27. The summed E-state index contributed by atoms with van der Waals surface area (Å²) in [5.41, 5.74) is 0. The Labute approximate surface area is 92.5 Å². The van der Waals surface area contributed by atoms with E-state index in [9.17, 15) is 8.42 Å². The number of nitrogens with one attached hydrogen (secondary N) is 1. The van der Waals surface area contributed by atoms with Gasteiger partial charge in [0, 0.05) is 19.6 Å². The Morgan fingerprint density at radius 2 is 1.93 bits per heavy atom. The van der Waals surface area contributed by atoms with Crippen LogP contribution in [0.25, 0.3) is 0 Å². The molecule has 0 atom stereocenters. The van der Waals surface area contributed by atoms with E-state index in [0.717, 1.165) is 25.7 Å². The van der Waals surface area contributed by atoms with Gasteiger partial charge in [-0.05, 0) is 26.2 Å². The van der Waals surface area contributed by atoms with Crippen molar-refractivity contribution in [2.24, 2.45) is 0 Å². The van der Waals surface area contributed by atoms with Gasteiger partial charge in [-0.2, -0.15) is 12.7 Å². The van der Waals surface area contributed by atoms with E-state index in [1.807, 2.05) is 19.1 Å². The number of rotatable bonds is 5. The minimum atomic E-state index is -3.21. The van der Waals surface area contributed by atoms with Crippen LogP contribution >= 0.6 is 0 Å². The standard InChI is InChI=1S/C10H20N2O2S/c1-2-3-5-8-11-15(13,14)12-9-6-4-7-10-12/h2-3,11H,4-10H2,1H3/b3-2+. The van der Waals surface area contributed by atoms with E-state index in [1.165, 1.54) is 0 Å². The topological polar surface area (TPSA) is 49.4 Å². The summed E-state index contributed by atoms with van der Waals surface area (Å²) < 4.78 is 27.6. The molecule has 5 heteroatoms. The van der Waals surface area contributed by atoms with Crippen LogP contribution in [-0.2, 0) is 10.2 Å². The number of piperidine rings is 1. The molecule has 0 aromatic heterocycles. The van der Waals surface area contributed by atoms with Crippen molar-refractivity contribution >= 4 is 10.2 Å². The van der Waals surface area contributed by atoms with Gasteiger partial charge in [-0.15, -0.1) is 0 Å². The highest BCUT2D eigenvalue weighted by molar-refractivity contribution is 7.87. The molecule has 15 heavy (non-hydrogen) atoms. The van der Waals surface area contributed by atoms with Gasteiger partial charge in [-0.25, -0.2) is 4.72 Å². The van der Waals surface area contributed by atoms with E-state index in [0.29, 0.717) is 19.6 Å². The Kier molecular flexibility index (Phi) is 5.28. The second kappa shape index (κ2) is 6.25. The molecule has 1 aliphatic rings. The fourth-order valence-electron chi connectivity index (χ4n) is 1.63.